The van der Waals surface area contributed by atoms with Gasteiger partial charge < -0.3 is 10.6 Å². The Bertz CT molecular complexity index is 721. The first-order chi connectivity index (χ1) is 12.2. The molecule has 0 bridgehead atoms. The van der Waals surface area contributed by atoms with Crippen molar-refractivity contribution in [3.8, 4) is 0 Å². The Kier molecular flexibility index (Phi) is 5.49. The molecule has 1 aliphatic carbocycles. The van der Waals surface area contributed by atoms with Gasteiger partial charge in [-0.25, -0.2) is 0 Å². The monoisotopic (exact) mass is 336 g/mol. The van der Waals surface area contributed by atoms with Crippen LogP contribution >= 0.6 is 0 Å². The molecule has 0 unspecified atom stereocenters. The molecule has 0 aliphatic heterocycles. The number of rotatable bonds is 7. The lowest BCUT2D eigenvalue weighted by atomic mass is 9.93. The molecule has 2 aromatic carbocycles. The van der Waals surface area contributed by atoms with Crippen molar-refractivity contribution in [2.24, 2.45) is 5.92 Å². The van der Waals surface area contributed by atoms with Crippen molar-refractivity contribution in [2.75, 3.05) is 10.6 Å². The lowest BCUT2D eigenvalue weighted by Gasteiger charge is -2.17. The van der Waals surface area contributed by atoms with Crippen LogP contribution in [-0.4, -0.2) is 11.8 Å². The van der Waals surface area contributed by atoms with E-state index in [2.05, 4.69) is 17.6 Å². The predicted octanol–water partition coefficient (Wildman–Crippen LogP) is 4.56. The summed E-state index contributed by atoms with van der Waals surface area (Å²) in [5.74, 6) is 0.118. The second-order valence-corrected chi connectivity index (χ2v) is 6.58. The molecule has 0 heterocycles. The molecule has 0 spiro atoms. The van der Waals surface area contributed by atoms with Crippen LogP contribution in [0.15, 0.2) is 54.6 Å². The largest absolute Gasteiger partial charge is 0.326 e. The van der Waals surface area contributed by atoms with Crippen molar-refractivity contribution in [1.29, 1.82) is 0 Å². The second-order valence-electron chi connectivity index (χ2n) is 6.58. The van der Waals surface area contributed by atoms with Crippen LogP contribution in [0.25, 0.3) is 0 Å². The van der Waals surface area contributed by atoms with Crippen LogP contribution < -0.4 is 10.6 Å². The highest BCUT2D eigenvalue weighted by Gasteiger charge is 2.29. The first-order valence-corrected chi connectivity index (χ1v) is 8.94. The fourth-order valence-corrected chi connectivity index (χ4v) is 2.88. The van der Waals surface area contributed by atoms with E-state index >= 15 is 0 Å². The Morgan fingerprint density at radius 2 is 1.56 bits per heavy atom. The van der Waals surface area contributed by atoms with Crippen molar-refractivity contribution >= 4 is 23.2 Å². The highest BCUT2D eigenvalue weighted by molar-refractivity contribution is 5.97. The van der Waals surface area contributed by atoms with Crippen molar-refractivity contribution in [3.05, 3.63) is 60.2 Å². The van der Waals surface area contributed by atoms with Gasteiger partial charge in [0.1, 0.15) is 0 Å². The Morgan fingerprint density at radius 1 is 0.960 bits per heavy atom. The molecular formula is C21H24N2O2. The SMILES string of the molecule is CCC[C@@H](C(=O)Nc1ccc(NC(=O)C2CC2)cc1)c1ccccc1. The lowest BCUT2D eigenvalue weighted by molar-refractivity contribution is -0.118. The standard InChI is InChI=1S/C21H24N2O2/c1-2-6-19(15-7-4-3-5-8-15)21(25)23-18-13-11-17(12-14-18)22-20(24)16-9-10-16/h3-5,7-8,11-14,16,19H,2,6,9-10H2,1H3,(H,22,24)(H,23,25)/t19-/m1/s1. The number of carbonyl (C=O) groups excluding carboxylic acids is 2. The molecule has 1 aliphatic rings. The fourth-order valence-electron chi connectivity index (χ4n) is 2.88. The third-order valence-corrected chi connectivity index (χ3v) is 4.46. The number of hydrogen-bond donors (Lipinski definition) is 2. The summed E-state index contributed by atoms with van der Waals surface area (Å²) >= 11 is 0. The summed E-state index contributed by atoms with van der Waals surface area (Å²) in [4.78, 5) is 24.5. The zero-order valence-corrected chi connectivity index (χ0v) is 14.5. The molecule has 130 valence electrons. The van der Waals surface area contributed by atoms with Crippen LogP contribution in [0.3, 0.4) is 0 Å². The van der Waals surface area contributed by atoms with Crippen LogP contribution in [0, 0.1) is 5.92 Å². The van der Waals surface area contributed by atoms with Crippen molar-refractivity contribution in [3.63, 3.8) is 0 Å². The molecule has 0 aromatic heterocycles. The van der Waals surface area contributed by atoms with E-state index in [1.807, 2.05) is 54.6 Å². The summed E-state index contributed by atoms with van der Waals surface area (Å²) < 4.78 is 0. The third kappa shape index (κ3) is 4.69. The van der Waals surface area contributed by atoms with Gasteiger partial charge >= 0.3 is 0 Å². The quantitative estimate of drug-likeness (QED) is 0.779. The number of benzene rings is 2. The average Bonchev–Trinajstić information content (AvgIpc) is 3.47. The molecule has 3 rings (SSSR count). The third-order valence-electron chi connectivity index (χ3n) is 4.46. The molecule has 1 saturated carbocycles. The van der Waals surface area contributed by atoms with E-state index in [1.165, 1.54) is 0 Å². The van der Waals surface area contributed by atoms with Crippen LogP contribution in [0.2, 0.25) is 0 Å². The van der Waals surface area contributed by atoms with Gasteiger partial charge in [0.05, 0.1) is 5.92 Å². The Morgan fingerprint density at radius 3 is 2.12 bits per heavy atom. The highest BCUT2D eigenvalue weighted by atomic mass is 16.2. The summed E-state index contributed by atoms with van der Waals surface area (Å²) in [7, 11) is 0. The van der Waals surface area contributed by atoms with Gasteiger partial charge in [0.25, 0.3) is 0 Å². The molecule has 4 heteroatoms. The van der Waals surface area contributed by atoms with Crippen molar-refractivity contribution in [2.45, 2.75) is 38.5 Å². The summed E-state index contributed by atoms with van der Waals surface area (Å²) in [5, 5.41) is 5.89. The van der Waals surface area contributed by atoms with Crippen LogP contribution in [0.1, 0.15) is 44.1 Å². The topological polar surface area (TPSA) is 58.2 Å². The molecular weight excluding hydrogens is 312 g/mol. The number of carbonyl (C=O) groups is 2. The Hall–Kier alpha value is -2.62. The minimum Gasteiger partial charge on any atom is -0.326 e. The number of anilines is 2. The smallest absolute Gasteiger partial charge is 0.231 e. The van der Waals surface area contributed by atoms with E-state index < -0.39 is 0 Å². The predicted molar refractivity (Wildman–Crippen MR) is 101 cm³/mol. The maximum Gasteiger partial charge on any atom is 0.231 e. The fraction of sp³-hybridized carbons (Fsp3) is 0.333. The highest BCUT2D eigenvalue weighted by Crippen LogP contribution is 2.30. The minimum absolute atomic E-state index is 0.00261. The van der Waals surface area contributed by atoms with Gasteiger partial charge in [-0.1, -0.05) is 43.7 Å². The summed E-state index contributed by atoms with van der Waals surface area (Å²) in [6, 6.07) is 17.2. The van der Waals surface area contributed by atoms with Crippen molar-refractivity contribution < 1.29 is 9.59 Å². The van der Waals surface area contributed by atoms with Crippen LogP contribution in [-0.2, 0) is 9.59 Å². The lowest BCUT2D eigenvalue weighted by Crippen LogP contribution is -2.21. The Balaban J connectivity index is 1.63. The molecule has 4 nitrogen and oxygen atoms in total. The van der Waals surface area contributed by atoms with E-state index in [-0.39, 0.29) is 23.7 Å². The van der Waals surface area contributed by atoms with Gasteiger partial charge in [-0.2, -0.15) is 0 Å². The van der Waals surface area contributed by atoms with Gasteiger partial charge in [-0.05, 0) is 49.1 Å². The van der Waals surface area contributed by atoms with E-state index in [0.29, 0.717) is 0 Å². The van der Waals surface area contributed by atoms with Gasteiger partial charge in [0.2, 0.25) is 11.8 Å². The second kappa shape index (κ2) is 7.97. The number of nitrogens with one attached hydrogen (secondary N) is 2. The molecule has 2 amide bonds. The molecule has 2 aromatic rings. The first kappa shape index (κ1) is 17.2. The molecule has 1 fully saturated rings. The normalized spacial score (nSPS) is 14.6. The maximum atomic E-state index is 12.7. The average molecular weight is 336 g/mol. The zero-order chi connectivity index (χ0) is 17.6. The molecule has 0 radical (unpaired) electrons. The summed E-state index contributed by atoms with van der Waals surface area (Å²) in [6.45, 7) is 2.08. The zero-order valence-electron chi connectivity index (χ0n) is 14.5. The van der Waals surface area contributed by atoms with E-state index in [1.54, 1.807) is 0 Å². The van der Waals surface area contributed by atoms with Crippen LogP contribution in [0.4, 0.5) is 11.4 Å². The summed E-state index contributed by atoms with van der Waals surface area (Å²) in [5.41, 5.74) is 2.55. The van der Waals surface area contributed by atoms with Gasteiger partial charge in [0, 0.05) is 17.3 Å². The van der Waals surface area contributed by atoms with Crippen LogP contribution in [0.5, 0.6) is 0 Å². The molecule has 2 N–H and O–H groups in total. The molecule has 1 atom stereocenters. The van der Waals surface area contributed by atoms with Gasteiger partial charge in [-0.15, -0.1) is 0 Å². The van der Waals surface area contributed by atoms with E-state index in [9.17, 15) is 9.59 Å². The Labute approximate surface area is 148 Å². The minimum atomic E-state index is -0.152. The maximum absolute atomic E-state index is 12.7. The van der Waals surface area contributed by atoms with E-state index in [4.69, 9.17) is 0 Å². The number of hydrogen-bond acceptors (Lipinski definition) is 2. The first-order valence-electron chi connectivity index (χ1n) is 8.94. The van der Waals surface area contributed by atoms with Crippen molar-refractivity contribution in [1.82, 2.24) is 0 Å². The summed E-state index contributed by atoms with van der Waals surface area (Å²) in [6.07, 6.45) is 3.72. The van der Waals surface area contributed by atoms with E-state index in [0.717, 1.165) is 42.6 Å². The molecule has 0 saturated heterocycles. The number of amides is 2. The molecule has 25 heavy (non-hydrogen) atoms. The van der Waals surface area contributed by atoms with Gasteiger partial charge in [0.15, 0.2) is 0 Å². The van der Waals surface area contributed by atoms with Gasteiger partial charge in [-0.3, -0.25) is 9.59 Å².